The summed E-state index contributed by atoms with van der Waals surface area (Å²) >= 11 is 0. The molecule has 1 saturated heterocycles. The third-order valence-electron chi connectivity index (χ3n) is 5.41. The minimum atomic E-state index is -0.898. The number of benzene rings is 2. The van der Waals surface area contributed by atoms with E-state index in [1.807, 2.05) is 19.1 Å². The van der Waals surface area contributed by atoms with Crippen LogP contribution in [0, 0.1) is 29.8 Å². The molecular weight excluding hydrogens is 431 g/mol. The van der Waals surface area contributed by atoms with E-state index < -0.39 is 22.3 Å². The number of non-ortho nitro benzene ring substituents is 1. The van der Waals surface area contributed by atoms with Crippen molar-refractivity contribution in [2.45, 2.75) is 32.8 Å². The van der Waals surface area contributed by atoms with Crippen molar-refractivity contribution in [3.05, 3.63) is 75.2 Å². The molecule has 10 heteroatoms. The van der Waals surface area contributed by atoms with Crippen LogP contribution in [0.1, 0.15) is 34.5 Å². The lowest BCUT2D eigenvalue weighted by Gasteiger charge is -2.11. The van der Waals surface area contributed by atoms with E-state index in [0.29, 0.717) is 24.4 Å². The first-order valence-corrected chi connectivity index (χ1v) is 10.5. The van der Waals surface area contributed by atoms with Crippen LogP contribution in [0.25, 0.3) is 5.69 Å². The van der Waals surface area contributed by atoms with Gasteiger partial charge in [-0.05, 0) is 44.9 Å². The Bertz CT molecular complexity index is 1190. The van der Waals surface area contributed by atoms with Gasteiger partial charge in [0.2, 0.25) is 5.88 Å². The predicted molar refractivity (Wildman–Crippen MR) is 117 cm³/mol. The van der Waals surface area contributed by atoms with E-state index >= 15 is 0 Å². The summed E-state index contributed by atoms with van der Waals surface area (Å²) in [5, 5.41) is 18.2. The van der Waals surface area contributed by atoms with Crippen molar-refractivity contribution in [1.82, 2.24) is 15.1 Å². The SMILES string of the molecule is Cc1ccc(-n2nc(C(=O)NCC3CCCO3)c(C)c2Oc2ccc([N+](=O)[O-])cc2F)cc1. The van der Waals surface area contributed by atoms with Gasteiger partial charge in [-0.1, -0.05) is 17.7 Å². The maximum atomic E-state index is 14.5. The highest BCUT2D eigenvalue weighted by Crippen LogP contribution is 2.33. The molecule has 0 saturated carbocycles. The fraction of sp³-hybridized carbons (Fsp3) is 0.304. The molecule has 33 heavy (non-hydrogen) atoms. The molecule has 2 heterocycles. The molecule has 1 amide bonds. The smallest absolute Gasteiger partial charge is 0.272 e. The molecule has 1 fully saturated rings. The molecule has 1 aliphatic rings. The first-order valence-electron chi connectivity index (χ1n) is 10.5. The highest BCUT2D eigenvalue weighted by Gasteiger charge is 2.25. The molecule has 1 aromatic heterocycles. The van der Waals surface area contributed by atoms with E-state index in [4.69, 9.17) is 9.47 Å². The summed E-state index contributed by atoms with van der Waals surface area (Å²) in [4.78, 5) is 23.1. The average molecular weight is 454 g/mol. The Morgan fingerprint density at radius 2 is 2.06 bits per heavy atom. The van der Waals surface area contributed by atoms with Crippen molar-refractivity contribution >= 4 is 11.6 Å². The summed E-state index contributed by atoms with van der Waals surface area (Å²) in [5.41, 5.74) is 1.78. The van der Waals surface area contributed by atoms with Crippen LogP contribution in [0.5, 0.6) is 11.6 Å². The number of nitrogens with zero attached hydrogens (tertiary/aromatic N) is 3. The molecule has 1 unspecified atom stereocenters. The number of carbonyl (C=O) groups excluding carboxylic acids is 1. The molecule has 1 aliphatic heterocycles. The van der Waals surface area contributed by atoms with Crippen molar-refractivity contribution in [1.29, 1.82) is 0 Å². The van der Waals surface area contributed by atoms with Gasteiger partial charge in [-0.3, -0.25) is 14.9 Å². The summed E-state index contributed by atoms with van der Waals surface area (Å²) in [5.74, 6) is -1.38. The van der Waals surface area contributed by atoms with Gasteiger partial charge in [-0.25, -0.2) is 4.39 Å². The number of aromatic nitrogens is 2. The van der Waals surface area contributed by atoms with E-state index in [1.165, 1.54) is 10.7 Å². The number of ether oxygens (including phenoxy) is 2. The molecule has 0 aliphatic carbocycles. The lowest BCUT2D eigenvalue weighted by molar-refractivity contribution is -0.385. The number of hydrogen-bond donors (Lipinski definition) is 1. The lowest BCUT2D eigenvalue weighted by atomic mass is 10.2. The number of halogens is 1. The third kappa shape index (κ3) is 4.85. The minimum absolute atomic E-state index is 0.0293. The zero-order chi connectivity index (χ0) is 23.5. The standard InChI is InChI=1S/C23H23FN4O5/c1-14-5-7-16(8-6-14)27-23(33-20-10-9-17(28(30)31)12-19(20)24)15(2)21(26-27)22(29)25-13-18-4-3-11-32-18/h5-10,12,18H,3-4,11,13H2,1-2H3,(H,25,29). The van der Waals surface area contributed by atoms with Crippen molar-refractivity contribution in [2.24, 2.45) is 0 Å². The highest BCUT2D eigenvalue weighted by atomic mass is 19.1. The number of carbonyl (C=O) groups is 1. The normalized spacial score (nSPS) is 15.4. The van der Waals surface area contributed by atoms with Crippen LogP contribution in [-0.4, -0.2) is 39.9 Å². The quantitative estimate of drug-likeness (QED) is 0.423. The second-order valence-electron chi connectivity index (χ2n) is 7.85. The Morgan fingerprint density at radius 1 is 1.30 bits per heavy atom. The van der Waals surface area contributed by atoms with Gasteiger partial charge in [-0.2, -0.15) is 9.78 Å². The van der Waals surface area contributed by atoms with Crippen molar-refractivity contribution < 1.29 is 23.6 Å². The first kappa shape index (κ1) is 22.4. The van der Waals surface area contributed by atoms with Gasteiger partial charge in [-0.15, -0.1) is 0 Å². The average Bonchev–Trinajstić information content (AvgIpc) is 3.42. The Balaban J connectivity index is 1.68. The van der Waals surface area contributed by atoms with Gasteiger partial charge in [0.15, 0.2) is 17.3 Å². The molecule has 172 valence electrons. The van der Waals surface area contributed by atoms with Crippen LogP contribution < -0.4 is 10.1 Å². The predicted octanol–water partition coefficient (Wildman–Crippen LogP) is 4.24. The fourth-order valence-electron chi connectivity index (χ4n) is 3.56. The van der Waals surface area contributed by atoms with Crippen molar-refractivity contribution in [3.8, 4) is 17.3 Å². The summed E-state index contributed by atoms with van der Waals surface area (Å²) in [6.45, 7) is 4.63. The zero-order valence-corrected chi connectivity index (χ0v) is 18.2. The lowest BCUT2D eigenvalue weighted by Crippen LogP contribution is -2.32. The second-order valence-corrected chi connectivity index (χ2v) is 7.85. The molecule has 0 spiro atoms. The Labute approximate surface area is 189 Å². The number of amides is 1. The maximum absolute atomic E-state index is 14.5. The highest BCUT2D eigenvalue weighted by molar-refractivity contribution is 5.94. The first-order chi connectivity index (χ1) is 15.8. The summed E-state index contributed by atoms with van der Waals surface area (Å²) in [7, 11) is 0. The largest absolute Gasteiger partial charge is 0.436 e. The number of aryl methyl sites for hydroxylation is 1. The number of nitro groups is 1. The van der Waals surface area contributed by atoms with Gasteiger partial charge in [0.25, 0.3) is 11.6 Å². The van der Waals surface area contributed by atoms with E-state index in [9.17, 15) is 19.3 Å². The monoisotopic (exact) mass is 454 g/mol. The summed E-state index contributed by atoms with van der Waals surface area (Å²) < 4.78 is 27.3. The number of nitro benzene ring substituents is 1. The molecule has 0 radical (unpaired) electrons. The third-order valence-corrected chi connectivity index (χ3v) is 5.41. The second kappa shape index (κ2) is 9.37. The van der Waals surface area contributed by atoms with Crippen LogP contribution in [0.3, 0.4) is 0 Å². The minimum Gasteiger partial charge on any atom is -0.436 e. The fourth-order valence-corrected chi connectivity index (χ4v) is 3.56. The van der Waals surface area contributed by atoms with Crippen molar-refractivity contribution in [3.63, 3.8) is 0 Å². The number of nitrogens with one attached hydrogen (secondary N) is 1. The van der Waals surface area contributed by atoms with Gasteiger partial charge in [0.05, 0.1) is 22.8 Å². The zero-order valence-electron chi connectivity index (χ0n) is 18.2. The Kier molecular flexibility index (Phi) is 6.36. The van der Waals surface area contributed by atoms with Crippen LogP contribution in [-0.2, 0) is 4.74 Å². The van der Waals surface area contributed by atoms with E-state index in [0.717, 1.165) is 30.5 Å². The molecule has 9 nitrogen and oxygen atoms in total. The molecular formula is C23H23FN4O5. The van der Waals surface area contributed by atoms with Gasteiger partial charge in [0.1, 0.15) is 0 Å². The maximum Gasteiger partial charge on any atom is 0.272 e. The molecule has 2 aromatic carbocycles. The van der Waals surface area contributed by atoms with Gasteiger partial charge in [0, 0.05) is 24.8 Å². The molecule has 1 atom stereocenters. The molecule has 1 N–H and O–H groups in total. The number of rotatable bonds is 7. The Hall–Kier alpha value is -3.79. The molecule has 4 rings (SSSR count). The van der Waals surface area contributed by atoms with Crippen LogP contribution in [0.15, 0.2) is 42.5 Å². The summed E-state index contributed by atoms with van der Waals surface area (Å²) in [6.07, 6.45) is 1.81. The van der Waals surface area contributed by atoms with Crippen LogP contribution in [0.2, 0.25) is 0 Å². The van der Waals surface area contributed by atoms with E-state index in [2.05, 4.69) is 10.4 Å². The van der Waals surface area contributed by atoms with E-state index in [1.54, 1.807) is 19.1 Å². The van der Waals surface area contributed by atoms with E-state index in [-0.39, 0.29) is 23.4 Å². The van der Waals surface area contributed by atoms with Crippen LogP contribution >= 0.6 is 0 Å². The molecule has 3 aromatic rings. The summed E-state index contributed by atoms with van der Waals surface area (Å²) in [6, 6.07) is 10.5. The number of hydrogen-bond acceptors (Lipinski definition) is 6. The Morgan fingerprint density at radius 3 is 2.70 bits per heavy atom. The molecule has 0 bridgehead atoms. The topological polar surface area (TPSA) is 109 Å². The van der Waals surface area contributed by atoms with Gasteiger partial charge >= 0.3 is 0 Å². The van der Waals surface area contributed by atoms with Gasteiger partial charge < -0.3 is 14.8 Å². The van der Waals surface area contributed by atoms with Crippen LogP contribution in [0.4, 0.5) is 10.1 Å². The van der Waals surface area contributed by atoms with Crippen molar-refractivity contribution in [2.75, 3.05) is 13.2 Å².